The van der Waals surface area contributed by atoms with Crippen molar-refractivity contribution in [1.29, 1.82) is 0 Å². The fourth-order valence-corrected chi connectivity index (χ4v) is 2.50. The molecule has 2 aromatic carbocycles. The summed E-state index contributed by atoms with van der Waals surface area (Å²) in [6, 6.07) is 11.2. The van der Waals surface area contributed by atoms with Crippen LogP contribution in [0.25, 0.3) is 0 Å². The molecule has 1 atom stereocenters. The fourth-order valence-electron chi connectivity index (χ4n) is 2.50. The maximum Gasteiger partial charge on any atom is 0.345 e. The number of nitro benzene ring substituents is 1. The molecular formula is C19H20N2O7. The first-order chi connectivity index (χ1) is 13.4. The summed E-state index contributed by atoms with van der Waals surface area (Å²) in [6.45, 7) is 1.20. The van der Waals surface area contributed by atoms with Gasteiger partial charge in [0.05, 0.1) is 31.3 Å². The summed E-state index contributed by atoms with van der Waals surface area (Å²) in [5.74, 6) is -1.33. The molecular weight excluding hydrogens is 368 g/mol. The molecule has 1 amide bonds. The maximum atomic E-state index is 12.3. The largest absolute Gasteiger partial charge is 0.493 e. The first-order valence-corrected chi connectivity index (χ1v) is 8.29. The highest BCUT2D eigenvalue weighted by atomic mass is 16.6. The first-order valence-electron chi connectivity index (χ1n) is 8.29. The van der Waals surface area contributed by atoms with Gasteiger partial charge < -0.3 is 19.5 Å². The Morgan fingerprint density at radius 2 is 1.71 bits per heavy atom. The molecule has 9 heteroatoms. The van der Waals surface area contributed by atoms with Gasteiger partial charge in [0.25, 0.3) is 11.6 Å². The number of ether oxygens (including phenoxy) is 3. The van der Waals surface area contributed by atoms with Gasteiger partial charge in [-0.15, -0.1) is 0 Å². The molecule has 0 unspecified atom stereocenters. The smallest absolute Gasteiger partial charge is 0.345 e. The van der Waals surface area contributed by atoms with E-state index in [1.54, 1.807) is 6.92 Å². The lowest BCUT2D eigenvalue weighted by Crippen LogP contribution is -2.31. The average molecular weight is 388 g/mol. The van der Waals surface area contributed by atoms with E-state index in [4.69, 9.17) is 14.2 Å². The van der Waals surface area contributed by atoms with E-state index in [0.29, 0.717) is 0 Å². The number of esters is 1. The van der Waals surface area contributed by atoms with Crippen LogP contribution in [0.3, 0.4) is 0 Å². The van der Waals surface area contributed by atoms with Crippen LogP contribution in [-0.4, -0.2) is 37.6 Å². The summed E-state index contributed by atoms with van der Waals surface area (Å²) in [5.41, 5.74) is 0.0324. The molecule has 2 aromatic rings. The van der Waals surface area contributed by atoms with Crippen molar-refractivity contribution >= 4 is 17.6 Å². The number of rotatable bonds is 8. The van der Waals surface area contributed by atoms with Crippen LogP contribution in [0, 0.1) is 10.1 Å². The third-order valence-electron chi connectivity index (χ3n) is 3.93. The van der Waals surface area contributed by atoms with Gasteiger partial charge in [0, 0.05) is 6.07 Å². The van der Waals surface area contributed by atoms with Gasteiger partial charge in [-0.1, -0.05) is 30.3 Å². The number of hydrogen-bond acceptors (Lipinski definition) is 7. The van der Waals surface area contributed by atoms with E-state index in [1.165, 1.54) is 14.2 Å². The molecule has 28 heavy (non-hydrogen) atoms. The minimum absolute atomic E-state index is 0.0974. The van der Waals surface area contributed by atoms with E-state index < -0.39 is 29.1 Å². The van der Waals surface area contributed by atoms with Crippen molar-refractivity contribution in [2.75, 3.05) is 20.8 Å². The third kappa shape index (κ3) is 4.97. The lowest BCUT2D eigenvalue weighted by atomic mass is 10.1. The molecule has 0 aliphatic heterocycles. The number of carbonyl (C=O) groups is 2. The van der Waals surface area contributed by atoms with Crippen molar-refractivity contribution in [2.45, 2.75) is 13.0 Å². The summed E-state index contributed by atoms with van der Waals surface area (Å²) in [4.78, 5) is 34.8. The van der Waals surface area contributed by atoms with Crippen LogP contribution < -0.4 is 14.8 Å². The van der Waals surface area contributed by atoms with Crippen LogP contribution in [0.2, 0.25) is 0 Å². The lowest BCUT2D eigenvalue weighted by molar-refractivity contribution is -0.385. The van der Waals surface area contributed by atoms with Crippen LogP contribution in [0.15, 0.2) is 42.5 Å². The van der Waals surface area contributed by atoms with Crippen LogP contribution in [0.5, 0.6) is 11.5 Å². The number of nitrogens with one attached hydrogen (secondary N) is 1. The molecule has 0 spiro atoms. The molecule has 0 aliphatic rings. The van der Waals surface area contributed by atoms with Gasteiger partial charge in [0.15, 0.2) is 18.1 Å². The van der Waals surface area contributed by atoms with E-state index >= 15 is 0 Å². The van der Waals surface area contributed by atoms with E-state index in [2.05, 4.69) is 5.32 Å². The SMILES string of the molecule is COc1cc(C(=O)OCC(=O)N[C@@H](C)c2ccccc2)c([N+](=O)[O-])cc1OC. The van der Waals surface area contributed by atoms with Crippen LogP contribution in [0.1, 0.15) is 28.9 Å². The molecule has 2 rings (SSSR count). The molecule has 1 N–H and O–H groups in total. The Kier molecular flexibility index (Phi) is 6.91. The Bertz CT molecular complexity index is 868. The zero-order valence-electron chi connectivity index (χ0n) is 15.6. The van der Waals surface area contributed by atoms with Crippen molar-refractivity contribution in [1.82, 2.24) is 5.32 Å². The topological polar surface area (TPSA) is 117 Å². The number of methoxy groups -OCH3 is 2. The highest BCUT2D eigenvalue weighted by Crippen LogP contribution is 2.34. The molecule has 0 saturated heterocycles. The second-order valence-corrected chi connectivity index (χ2v) is 5.76. The molecule has 0 aliphatic carbocycles. The summed E-state index contributed by atoms with van der Waals surface area (Å²) in [5, 5.41) is 13.9. The fraction of sp³-hybridized carbons (Fsp3) is 0.263. The average Bonchev–Trinajstić information content (AvgIpc) is 2.71. The highest BCUT2D eigenvalue weighted by molar-refractivity contribution is 5.96. The van der Waals surface area contributed by atoms with Crippen molar-refractivity contribution in [2.24, 2.45) is 0 Å². The molecule has 0 saturated carbocycles. The summed E-state index contributed by atoms with van der Waals surface area (Å²) >= 11 is 0. The van der Waals surface area contributed by atoms with Crippen LogP contribution >= 0.6 is 0 Å². The Hall–Kier alpha value is -3.62. The normalized spacial score (nSPS) is 11.2. The van der Waals surface area contributed by atoms with Crippen LogP contribution in [0.4, 0.5) is 5.69 Å². The third-order valence-corrected chi connectivity index (χ3v) is 3.93. The van der Waals surface area contributed by atoms with Crippen molar-refractivity contribution in [3.05, 3.63) is 63.7 Å². The van der Waals surface area contributed by atoms with Crippen molar-refractivity contribution in [3.63, 3.8) is 0 Å². The minimum Gasteiger partial charge on any atom is -0.493 e. The van der Waals surface area contributed by atoms with E-state index in [-0.39, 0.29) is 23.1 Å². The molecule has 9 nitrogen and oxygen atoms in total. The van der Waals surface area contributed by atoms with E-state index in [0.717, 1.165) is 17.7 Å². The van der Waals surface area contributed by atoms with Gasteiger partial charge in [-0.25, -0.2) is 4.79 Å². The second kappa shape index (κ2) is 9.36. The Balaban J connectivity index is 2.08. The minimum atomic E-state index is -1.02. The first kappa shape index (κ1) is 20.7. The van der Waals surface area contributed by atoms with Gasteiger partial charge in [-0.3, -0.25) is 14.9 Å². The summed E-state index contributed by atoms with van der Waals surface area (Å²) in [6.07, 6.45) is 0. The maximum absolute atomic E-state index is 12.3. The van der Waals surface area contributed by atoms with Gasteiger partial charge >= 0.3 is 5.97 Å². The zero-order chi connectivity index (χ0) is 20.7. The molecule has 0 aromatic heterocycles. The number of carbonyl (C=O) groups excluding carboxylic acids is 2. The summed E-state index contributed by atoms with van der Waals surface area (Å²) < 4.78 is 15.0. The Labute approximate surface area is 161 Å². The predicted octanol–water partition coefficient (Wildman–Crippen LogP) is 2.65. The van der Waals surface area contributed by atoms with Gasteiger partial charge in [0.2, 0.25) is 0 Å². The number of hydrogen-bond donors (Lipinski definition) is 1. The molecule has 0 fully saturated rings. The van der Waals surface area contributed by atoms with Gasteiger partial charge in [-0.2, -0.15) is 0 Å². The molecule has 0 bridgehead atoms. The number of nitrogens with zero attached hydrogens (tertiary/aromatic N) is 1. The zero-order valence-corrected chi connectivity index (χ0v) is 15.6. The lowest BCUT2D eigenvalue weighted by Gasteiger charge is -2.14. The molecule has 0 heterocycles. The van der Waals surface area contributed by atoms with Crippen LogP contribution in [-0.2, 0) is 9.53 Å². The van der Waals surface area contributed by atoms with Crippen molar-refractivity contribution < 1.29 is 28.7 Å². The monoisotopic (exact) mass is 388 g/mol. The second-order valence-electron chi connectivity index (χ2n) is 5.76. The molecule has 148 valence electrons. The molecule has 0 radical (unpaired) electrons. The standard InChI is InChI=1S/C19H20N2O7/c1-12(13-7-5-4-6-8-13)20-18(22)11-28-19(23)14-9-16(26-2)17(27-3)10-15(14)21(24)25/h4-10,12H,11H2,1-3H3,(H,20,22)/t12-/m0/s1. The highest BCUT2D eigenvalue weighted by Gasteiger charge is 2.26. The predicted molar refractivity (Wildman–Crippen MR) is 99.5 cm³/mol. The number of benzene rings is 2. The number of nitro groups is 1. The Morgan fingerprint density at radius 3 is 2.29 bits per heavy atom. The van der Waals surface area contributed by atoms with E-state index in [9.17, 15) is 19.7 Å². The Morgan fingerprint density at radius 1 is 1.11 bits per heavy atom. The summed E-state index contributed by atoms with van der Waals surface area (Å²) in [7, 11) is 2.65. The van der Waals surface area contributed by atoms with Gasteiger partial charge in [0.1, 0.15) is 5.56 Å². The number of amides is 1. The quantitative estimate of drug-likeness (QED) is 0.420. The van der Waals surface area contributed by atoms with E-state index in [1.807, 2.05) is 30.3 Å². The van der Waals surface area contributed by atoms with Crippen molar-refractivity contribution in [3.8, 4) is 11.5 Å². The van der Waals surface area contributed by atoms with Gasteiger partial charge in [-0.05, 0) is 12.5 Å².